The molecule has 2 aliphatic heterocycles. The van der Waals surface area contributed by atoms with Crippen molar-refractivity contribution in [1.82, 2.24) is 14.3 Å². The van der Waals surface area contributed by atoms with Crippen molar-refractivity contribution in [2.45, 2.75) is 65.7 Å². The van der Waals surface area contributed by atoms with Crippen molar-refractivity contribution >= 4 is 16.0 Å². The van der Waals surface area contributed by atoms with Gasteiger partial charge in [0, 0.05) is 51.8 Å². The second-order valence-electron chi connectivity index (χ2n) is 11.2. The van der Waals surface area contributed by atoms with Crippen molar-refractivity contribution < 1.29 is 13.2 Å². The number of hydrogen-bond acceptors (Lipinski definition) is 6. The largest absolute Gasteiger partial charge is 0.381 e. The quantitative estimate of drug-likeness (QED) is 0.465. The molecule has 34 heavy (non-hydrogen) atoms. The van der Waals surface area contributed by atoms with Gasteiger partial charge in [-0.2, -0.15) is 0 Å². The molecule has 1 saturated carbocycles. The summed E-state index contributed by atoms with van der Waals surface area (Å²) in [6.45, 7) is 11.5. The minimum atomic E-state index is -3.05. The predicted molar refractivity (Wildman–Crippen MR) is 136 cm³/mol. The topological polar surface area (TPSA) is 75.6 Å². The van der Waals surface area contributed by atoms with E-state index < -0.39 is 10.0 Å². The number of hydrogen-bond donors (Lipinski definition) is 0. The fourth-order valence-corrected chi connectivity index (χ4v) is 7.32. The molecule has 0 bridgehead atoms. The van der Waals surface area contributed by atoms with Crippen LogP contribution in [0.3, 0.4) is 0 Å². The zero-order chi connectivity index (χ0) is 24.1. The molecule has 0 amide bonds. The third kappa shape index (κ3) is 6.91. The van der Waals surface area contributed by atoms with Crippen LogP contribution in [0.2, 0.25) is 0 Å². The van der Waals surface area contributed by atoms with Crippen molar-refractivity contribution in [3.8, 4) is 0 Å². The maximum absolute atomic E-state index is 12.2. The molecule has 2 atom stereocenters. The van der Waals surface area contributed by atoms with E-state index in [1.807, 2.05) is 19.3 Å². The lowest BCUT2D eigenvalue weighted by molar-refractivity contribution is 0.0684. The Labute approximate surface area is 206 Å². The molecule has 0 N–H and O–H groups in total. The number of aromatic nitrogens is 2. The Bertz CT molecular complexity index is 861. The lowest BCUT2D eigenvalue weighted by Gasteiger charge is -2.32. The first-order chi connectivity index (χ1) is 16.4. The maximum Gasteiger partial charge on any atom is 0.225 e. The van der Waals surface area contributed by atoms with Crippen LogP contribution < -0.4 is 4.90 Å². The first-order valence-corrected chi connectivity index (χ1v) is 15.1. The van der Waals surface area contributed by atoms with Crippen LogP contribution in [0.4, 0.5) is 5.95 Å². The van der Waals surface area contributed by atoms with Gasteiger partial charge in [-0.1, -0.05) is 20.8 Å². The van der Waals surface area contributed by atoms with Gasteiger partial charge < -0.3 is 9.64 Å². The molecular weight excluding hydrogens is 448 g/mol. The van der Waals surface area contributed by atoms with E-state index in [1.165, 1.54) is 24.8 Å². The molecule has 192 valence electrons. The van der Waals surface area contributed by atoms with Crippen molar-refractivity contribution in [2.24, 2.45) is 29.6 Å². The molecular formula is C26H44N4O3S. The highest BCUT2D eigenvalue weighted by Gasteiger charge is 2.43. The van der Waals surface area contributed by atoms with Gasteiger partial charge in [0.2, 0.25) is 16.0 Å². The van der Waals surface area contributed by atoms with Crippen LogP contribution in [0.1, 0.15) is 64.9 Å². The first-order valence-electron chi connectivity index (χ1n) is 13.5. The number of nitrogens with zero attached hydrogens (tertiary/aromatic N) is 4. The summed E-state index contributed by atoms with van der Waals surface area (Å²) in [7, 11) is -3.05. The minimum absolute atomic E-state index is 0.272. The molecule has 0 aromatic carbocycles. The maximum atomic E-state index is 12.2. The van der Waals surface area contributed by atoms with E-state index in [-0.39, 0.29) is 5.75 Å². The van der Waals surface area contributed by atoms with E-state index in [4.69, 9.17) is 4.74 Å². The van der Waals surface area contributed by atoms with Gasteiger partial charge in [0.25, 0.3) is 0 Å². The van der Waals surface area contributed by atoms with Crippen LogP contribution in [0.25, 0.3) is 0 Å². The molecule has 0 spiro atoms. The van der Waals surface area contributed by atoms with Crippen molar-refractivity contribution in [1.29, 1.82) is 0 Å². The van der Waals surface area contributed by atoms with Crippen LogP contribution in [-0.2, 0) is 21.2 Å². The van der Waals surface area contributed by atoms with Crippen molar-refractivity contribution in [2.75, 3.05) is 50.0 Å². The van der Waals surface area contributed by atoms with Gasteiger partial charge in [0.15, 0.2) is 0 Å². The van der Waals surface area contributed by atoms with Gasteiger partial charge in [-0.05, 0) is 80.1 Å². The van der Waals surface area contributed by atoms with Crippen LogP contribution in [-0.4, -0.2) is 67.8 Å². The molecule has 4 rings (SSSR count). The normalized spacial score (nSPS) is 25.2. The Hall–Kier alpha value is -1.25. The monoisotopic (exact) mass is 492 g/mol. The summed E-state index contributed by atoms with van der Waals surface area (Å²) in [4.78, 5) is 11.6. The standard InChI is InChI=1S/C26H44N4O3S/c1-4-13-34(31,32)30-11-5-21(6-12-30)18-33-19-24-15-25(24)23-7-9-29(10-8-23)26-27-16-22(17-28-26)14-20(2)3/h16-17,20-21,23-25H,4-15,18-19H2,1-3H3. The van der Waals surface area contributed by atoms with Gasteiger partial charge in [-0.25, -0.2) is 22.7 Å². The number of ether oxygens (including phenoxy) is 1. The number of anilines is 1. The Kier molecular flexibility index (Phi) is 8.86. The van der Waals surface area contributed by atoms with Crippen LogP contribution >= 0.6 is 0 Å². The van der Waals surface area contributed by atoms with Crippen LogP contribution in [0, 0.1) is 29.6 Å². The summed E-state index contributed by atoms with van der Waals surface area (Å²) >= 11 is 0. The van der Waals surface area contributed by atoms with Gasteiger partial charge in [-0.3, -0.25) is 0 Å². The number of sulfonamides is 1. The highest BCUT2D eigenvalue weighted by molar-refractivity contribution is 7.89. The molecule has 7 nitrogen and oxygen atoms in total. The van der Waals surface area contributed by atoms with Gasteiger partial charge >= 0.3 is 0 Å². The summed E-state index contributed by atoms with van der Waals surface area (Å²) < 4.78 is 32.2. The predicted octanol–water partition coefficient (Wildman–Crippen LogP) is 4.00. The van der Waals surface area contributed by atoms with Crippen LogP contribution in [0.15, 0.2) is 12.4 Å². The Morgan fingerprint density at radius 3 is 2.32 bits per heavy atom. The SMILES string of the molecule is CCCS(=O)(=O)N1CCC(COCC2CC2C2CCN(c3ncc(CC(C)C)cn3)CC2)CC1. The fraction of sp³-hybridized carbons (Fsp3) is 0.846. The average Bonchev–Trinajstić information content (AvgIpc) is 3.59. The lowest BCUT2D eigenvalue weighted by atomic mass is 9.91. The van der Waals surface area contributed by atoms with E-state index in [2.05, 4.69) is 28.7 Å². The Morgan fingerprint density at radius 1 is 1.03 bits per heavy atom. The third-order valence-corrected chi connectivity index (χ3v) is 9.93. The second kappa shape index (κ2) is 11.7. The summed E-state index contributed by atoms with van der Waals surface area (Å²) in [6, 6.07) is 0. The molecule has 3 fully saturated rings. The number of piperidine rings is 2. The smallest absolute Gasteiger partial charge is 0.225 e. The highest BCUT2D eigenvalue weighted by Crippen LogP contribution is 2.48. The second-order valence-corrected chi connectivity index (χ2v) is 13.3. The number of rotatable bonds is 11. The Balaban J connectivity index is 1.11. The third-order valence-electron chi connectivity index (χ3n) is 7.86. The fourth-order valence-electron chi connectivity index (χ4n) is 5.78. The summed E-state index contributed by atoms with van der Waals surface area (Å²) in [5.74, 6) is 4.62. The minimum Gasteiger partial charge on any atom is -0.381 e. The molecule has 1 aliphatic carbocycles. The van der Waals surface area contributed by atoms with E-state index in [0.29, 0.717) is 37.3 Å². The zero-order valence-electron chi connectivity index (χ0n) is 21.4. The molecule has 3 heterocycles. The molecule has 2 saturated heterocycles. The highest BCUT2D eigenvalue weighted by atomic mass is 32.2. The summed E-state index contributed by atoms with van der Waals surface area (Å²) in [5, 5.41) is 0. The first kappa shape index (κ1) is 25.8. The lowest BCUT2D eigenvalue weighted by Crippen LogP contribution is -2.40. The molecule has 3 aliphatic rings. The Morgan fingerprint density at radius 2 is 1.71 bits per heavy atom. The van der Waals surface area contributed by atoms with Gasteiger partial charge in [0.05, 0.1) is 5.75 Å². The molecule has 2 unspecified atom stereocenters. The van der Waals surface area contributed by atoms with Crippen LogP contribution in [0.5, 0.6) is 0 Å². The van der Waals surface area contributed by atoms with Crippen molar-refractivity contribution in [3.63, 3.8) is 0 Å². The molecule has 0 radical (unpaired) electrons. The van der Waals surface area contributed by atoms with E-state index in [1.54, 1.807) is 4.31 Å². The van der Waals surface area contributed by atoms with Gasteiger partial charge in [-0.15, -0.1) is 0 Å². The average molecular weight is 493 g/mol. The van der Waals surface area contributed by atoms with E-state index in [9.17, 15) is 8.42 Å². The molecule has 1 aromatic heterocycles. The molecule has 8 heteroatoms. The van der Waals surface area contributed by atoms with E-state index >= 15 is 0 Å². The molecule has 1 aromatic rings. The zero-order valence-corrected chi connectivity index (χ0v) is 22.2. The summed E-state index contributed by atoms with van der Waals surface area (Å²) in [6.07, 6.45) is 11.3. The van der Waals surface area contributed by atoms with Gasteiger partial charge in [0.1, 0.15) is 0 Å². The summed E-state index contributed by atoms with van der Waals surface area (Å²) in [5.41, 5.74) is 1.22. The van der Waals surface area contributed by atoms with E-state index in [0.717, 1.165) is 63.3 Å². The van der Waals surface area contributed by atoms with Crippen molar-refractivity contribution in [3.05, 3.63) is 18.0 Å².